The van der Waals surface area contributed by atoms with Gasteiger partial charge in [0.25, 0.3) is 0 Å². The van der Waals surface area contributed by atoms with Crippen molar-refractivity contribution in [2.75, 3.05) is 0 Å². The second-order valence-electron chi connectivity index (χ2n) is 4.31. The van der Waals surface area contributed by atoms with E-state index in [-0.39, 0.29) is 0 Å². The van der Waals surface area contributed by atoms with Gasteiger partial charge in [-0.05, 0) is 47.2 Å². The van der Waals surface area contributed by atoms with E-state index in [9.17, 15) is 0 Å². The van der Waals surface area contributed by atoms with Gasteiger partial charge in [-0.1, -0.05) is 35.7 Å². The van der Waals surface area contributed by atoms with E-state index in [1.807, 2.05) is 46.2 Å². The van der Waals surface area contributed by atoms with E-state index in [0.29, 0.717) is 0 Å². The minimum atomic E-state index is 1.36. The molecule has 4 rings (SSSR count). The van der Waals surface area contributed by atoms with Crippen LogP contribution >= 0.6 is 68.9 Å². The highest BCUT2D eigenvalue weighted by Gasteiger charge is 2.09. The molecule has 0 bridgehead atoms. The van der Waals surface area contributed by atoms with Crippen LogP contribution in [0, 0.1) is 0 Å². The quantitative estimate of drug-likeness (QED) is 0.337. The monoisotopic (exact) mass is 394 g/mol. The predicted octanol–water partition coefficient (Wildman–Crippen LogP) is 7.90. The molecule has 0 aliphatic heterocycles. The van der Waals surface area contributed by atoms with E-state index in [2.05, 4.69) is 59.3 Å². The molecule has 0 saturated heterocycles. The lowest BCUT2D eigenvalue weighted by atomic mass is 10.4. The molecule has 0 saturated carbocycles. The zero-order valence-electron chi connectivity index (χ0n) is 11.2. The van der Waals surface area contributed by atoms with Gasteiger partial charge < -0.3 is 0 Å². The second kappa shape index (κ2) is 6.95. The van der Waals surface area contributed by atoms with E-state index in [1.165, 1.54) is 26.6 Å². The molecule has 22 heavy (non-hydrogen) atoms. The minimum absolute atomic E-state index is 1.36. The van der Waals surface area contributed by atoms with E-state index < -0.39 is 0 Å². The number of hydrogen-bond acceptors (Lipinski definition) is 6. The van der Waals surface area contributed by atoms with Crippen LogP contribution in [0.5, 0.6) is 0 Å². The molecule has 0 aliphatic carbocycles. The Bertz CT molecular complexity index is 763. The number of rotatable bonds is 5. The molecule has 110 valence electrons. The topological polar surface area (TPSA) is 0 Å². The van der Waals surface area contributed by atoms with Gasteiger partial charge in [0.05, 0.1) is 16.8 Å². The first-order valence-corrected chi connectivity index (χ1v) is 11.5. The van der Waals surface area contributed by atoms with Crippen LogP contribution in [-0.2, 0) is 0 Å². The summed E-state index contributed by atoms with van der Waals surface area (Å²) in [6.45, 7) is 0. The fourth-order valence-corrected chi connectivity index (χ4v) is 8.26. The molecule has 0 fully saturated rings. The molecule has 0 radical (unpaired) electrons. The summed E-state index contributed by atoms with van der Waals surface area (Å²) in [4.78, 5) is 2.73. The van der Waals surface area contributed by atoms with Gasteiger partial charge in [-0.25, -0.2) is 0 Å². The lowest BCUT2D eigenvalue weighted by Crippen LogP contribution is -1.57. The third-order valence-electron chi connectivity index (χ3n) is 2.80. The summed E-state index contributed by atoms with van der Waals surface area (Å²) in [6, 6.07) is 17.5. The van der Waals surface area contributed by atoms with Gasteiger partial charge in [0, 0.05) is 9.75 Å². The largest absolute Gasteiger partial charge is 0.137 e. The summed E-state index contributed by atoms with van der Waals surface area (Å²) in [5, 5.41) is 4.26. The molecule has 0 unspecified atom stereocenters. The molecule has 0 aromatic carbocycles. The van der Waals surface area contributed by atoms with Crippen LogP contribution in [0.2, 0.25) is 0 Å². The third-order valence-corrected chi connectivity index (χ3v) is 9.50. The van der Waals surface area contributed by atoms with Crippen LogP contribution in [-0.4, -0.2) is 0 Å². The van der Waals surface area contributed by atoms with E-state index in [0.717, 1.165) is 0 Å². The molecule has 0 nitrogen and oxygen atoms in total. The van der Waals surface area contributed by atoms with Crippen molar-refractivity contribution in [3.63, 3.8) is 0 Å². The van der Waals surface area contributed by atoms with Crippen molar-refractivity contribution < 1.29 is 0 Å². The standard InChI is InChI=1S/C16H10S6/c1-3-13(17-9-1)21-15-7-5-11(19-15)12-6-8-16(20-12)22-14-4-2-10-18-14/h1-10H. The van der Waals surface area contributed by atoms with Crippen molar-refractivity contribution in [2.24, 2.45) is 0 Å². The number of thiophene rings is 4. The van der Waals surface area contributed by atoms with Crippen molar-refractivity contribution in [1.29, 1.82) is 0 Å². The smallest absolute Gasteiger partial charge is 0.0661 e. The van der Waals surface area contributed by atoms with Gasteiger partial charge in [0.1, 0.15) is 0 Å². The first-order chi connectivity index (χ1) is 10.9. The second-order valence-corrected chi connectivity index (χ2v) is 11.6. The zero-order chi connectivity index (χ0) is 14.8. The summed E-state index contributed by atoms with van der Waals surface area (Å²) in [5.41, 5.74) is 0. The Hall–Kier alpha value is -0.500. The average molecular weight is 395 g/mol. The maximum absolute atomic E-state index is 2.24. The highest BCUT2D eigenvalue weighted by atomic mass is 32.2. The molecule has 0 N–H and O–H groups in total. The predicted molar refractivity (Wildman–Crippen MR) is 105 cm³/mol. The fourth-order valence-electron chi connectivity index (χ4n) is 1.86. The summed E-state index contributed by atoms with van der Waals surface area (Å²) >= 11 is 11.1. The Morgan fingerprint density at radius 3 is 1.45 bits per heavy atom. The van der Waals surface area contributed by atoms with Crippen LogP contribution in [0.15, 0.2) is 76.1 Å². The Kier molecular flexibility index (Phi) is 4.75. The molecular formula is C16H10S6. The van der Waals surface area contributed by atoms with Crippen molar-refractivity contribution in [3.8, 4) is 9.75 Å². The Morgan fingerprint density at radius 1 is 0.545 bits per heavy atom. The van der Waals surface area contributed by atoms with Crippen LogP contribution in [0.4, 0.5) is 0 Å². The first kappa shape index (κ1) is 15.1. The number of hydrogen-bond donors (Lipinski definition) is 0. The maximum atomic E-state index is 2.24. The van der Waals surface area contributed by atoms with Crippen molar-refractivity contribution >= 4 is 68.9 Å². The molecule has 0 aliphatic rings. The fraction of sp³-hybridized carbons (Fsp3) is 0. The Morgan fingerprint density at radius 2 is 1.05 bits per heavy atom. The molecule has 0 amide bonds. The SMILES string of the molecule is c1csc(Sc2ccc(-c3ccc(Sc4cccs4)s3)s2)c1. The first-order valence-electron chi connectivity index (χ1n) is 6.49. The molecule has 0 atom stereocenters. The minimum Gasteiger partial charge on any atom is -0.137 e. The van der Waals surface area contributed by atoms with Crippen molar-refractivity contribution in [1.82, 2.24) is 0 Å². The molecule has 0 spiro atoms. The molecule has 6 heteroatoms. The highest BCUT2D eigenvalue weighted by molar-refractivity contribution is 8.03. The molecule has 4 heterocycles. The Balaban J connectivity index is 1.50. The van der Waals surface area contributed by atoms with Crippen LogP contribution in [0.25, 0.3) is 9.75 Å². The lowest BCUT2D eigenvalue weighted by molar-refractivity contribution is 1.67. The van der Waals surface area contributed by atoms with Gasteiger partial charge in [0.15, 0.2) is 0 Å². The molecule has 4 aromatic rings. The Labute approximate surface area is 153 Å². The van der Waals surface area contributed by atoms with Crippen LogP contribution in [0.3, 0.4) is 0 Å². The lowest BCUT2D eigenvalue weighted by Gasteiger charge is -1.93. The van der Waals surface area contributed by atoms with Gasteiger partial charge in [0.2, 0.25) is 0 Å². The summed E-state index contributed by atoms with van der Waals surface area (Å²) in [6.07, 6.45) is 0. The molecule has 4 aromatic heterocycles. The van der Waals surface area contributed by atoms with Gasteiger partial charge in [-0.2, -0.15) is 0 Å². The maximum Gasteiger partial charge on any atom is 0.0661 e. The zero-order valence-corrected chi connectivity index (χ0v) is 16.1. The van der Waals surface area contributed by atoms with Gasteiger partial charge in [-0.3, -0.25) is 0 Å². The van der Waals surface area contributed by atoms with Gasteiger partial charge >= 0.3 is 0 Å². The van der Waals surface area contributed by atoms with Gasteiger partial charge in [-0.15, -0.1) is 45.3 Å². The van der Waals surface area contributed by atoms with Crippen LogP contribution < -0.4 is 0 Å². The van der Waals surface area contributed by atoms with Crippen molar-refractivity contribution in [3.05, 3.63) is 59.3 Å². The summed E-state index contributed by atoms with van der Waals surface area (Å²) in [7, 11) is 0. The summed E-state index contributed by atoms with van der Waals surface area (Å²) < 4.78 is 5.43. The summed E-state index contributed by atoms with van der Waals surface area (Å²) in [5.74, 6) is 0. The highest BCUT2D eigenvalue weighted by Crippen LogP contribution is 2.43. The van der Waals surface area contributed by atoms with E-state index in [1.54, 1.807) is 22.7 Å². The van der Waals surface area contributed by atoms with E-state index >= 15 is 0 Å². The normalized spacial score (nSPS) is 11.1. The van der Waals surface area contributed by atoms with Crippen LogP contribution in [0.1, 0.15) is 0 Å². The third kappa shape index (κ3) is 3.53. The molecular weight excluding hydrogens is 385 g/mol. The van der Waals surface area contributed by atoms with Crippen molar-refractivity contribution in [2.45, 2.75) is 16.8 Å². The average Bonchev–Trinajstić information content (AvgIpc) is 3.27. The van der Waals surface area contributed by atoms with E-state index in [4.69, 9.17) is 0 Å².